The van der Waals surface area contributed by atoms with E-state index in [4.69, 9.17) is 0 Å². The molecule has 0 N–H and O–H groups in total. The lowest BCUT2D eigenvalue weighted by Gasteiger charge is -2.06. The lowest BCUT2D eigenvalue weighted by Crippen LogP contribution is -2.03. The molecule has 0 saturated heterocycles. The van der Waals surface area contributed by atoms with Gasteiger partial charge in [0.05, 0.1) is 5.52 Å². The minimum absolute atomic E-state index is 0.180. The SMILES string of the molecule is CCCCCCCCC(=O)c1cc(C)c2ccccc2n1. The molecule has 0 bridgehead atoms. The first-order valence-electron chi connectivity index (χ1n) is 8.12. The highest BCUT2D eigenvalue weighted by atomic mass is 16.1. The molecule has 0 fully saturated rings. The minimum atomic E-state index is 0.180. The highest BCUT2D eigenvalue weighted by Gasteiger charge is 2.10. The van der Waals surface area contributed by atoms with Crippen LogP contribution in [0.5, 0.6) is 0 Å². The molecule has 0 aliphatic rings. The van der Waals surface area contributed by atoms with Crippen LogP contribution < -0.4 is 0 Å². The van der Waals surface area contributed by atoms with E-state index in [9.17, 15) is 4.79 Å². The van der Waals surface area contributed by atoms with E-state index in [-0.39, 0.29) is 5.78 Å². The van der Waals surface area contributed by atoms with Gasteiger partial charge in [0.2, 0.25) is 0 Å². The molecule has 0 amide bonds. The number of para-hydroxylation sites is 1. The Labute approximate surface area is 127 Å². The first-order valence-corrected chi connectivity index (χ1v) is 8.12. The van der Waals surface area contributed by atoms with E-state index in [0.29, 0.717) is 12.1 Å². The number of carbonyl (C=O) groups is 1. The third kappa shape index (κ3) is 4.38. The summed E-state index contributed by atoms with van der Waals surface area (Å²) in [4.78, 5) is 16.8. The number of benzene rings is 1. The monoisotopic (exact) mass is 283 g/mol. The fraction of sp³-hybridized carbons (Fsp3) is 0.474. The lowest BCUT2D eigenvalue weighted by molar-refractivity contribution is 0.0974. The van der Waals surface area contributed by atoms with Crippen molar-refractivity contribution in [2.45, 2.75) is 58.8 Å². The fourth-order valence-corrected chi connectivity index (χ4v) is 2.69. The van der Waals surface area contributed by atoms with E-state index >= 15 is 0 Å². The molecule has 0 spiro atoms. The van der Waals surface area contributed by atoms with Gasteiger partial charge in [-0.15, -0.1) is 0 Å². The molecule has 2 rings (SSSR count). The van der Waals surface area contributed by atoms with Crippen molar-refractivity contribution in [2.75, 3.05) is 0 Å². The maximum Gasteiger partial charge on any atom is 0.181 e. The maximum atomic E-state index is 12.3. The van der Waals surface area contributed by atoms with E-state index in [1.54, 1.807) is 0 Å². The Morgan fingerprint density at radius 3 is 2.57 bits per heavy atom. The molecule has 112 valence electrons. The summed E-state index contributed by atoms with van der Waals surface area (Å²) in [5.41, 5.74) is 2.68. The molecule has 2 aromatic rings. The number of fused-ring (bicyclic) bond motifs is 1. The van der Waals surface area contributed by atoms with Gasteiger partial charge >= 0.3 is 0 Å². The Hall–Kier alpha value is -1.70. The summed E-state index contributed by atoms with van der Waals surface area (Å²) in [6.45, 7) is 4.27. The number of ketones is 1. The van der Waals surface area contributed by atoms with Crippen LogP contribution >= 0.6 is 0 Å². The summed E-state index contributed by atoms with van der Waals surface area (Å²) in [6.07, 6.45) is 7.85. The van der Waals surface area contributed by atoms with Crippen molar-refractivity contribution >= 4 is 16.7 Å². The van der Waals surface area contributed by atoms with Crippen LogP contribution in [0.3, 0.4) is 0 Å². The van der Waals surface area contributed by atoms with E-state index < -0.39 is 0 Å². The number of unbranched alkanes of at least 4 members (excludes halogenated alkanes) is 5. The second-order valence-corrected chi connectivity index (χ2v) is 5.78. The summed E-state index contributed by atoms with van der Waals surface area (Å²) < 4.78 is 0. The van der Waals surface area contributed by atoms with Gasteiger partial charge in [-0.2, -0.15) is 0 Å². The normalized spacial score (nSPS) is 11.0. The second kappa shape index (κ2) is 7.92. The zero-order valence-corrected chi connectivity index (χ0v) is 13.2. The molecule has 21 heavy (non-hydrogen) atoms. The van der Waals surface area contributed by atoms with Gasteiger partial charge in [-0.3, -0.25) is 4.79 Å². The summed E-state index contributed by atoms with van der Waals surface area (Å²) >= 11 is 0. The Morgan fingerprint density at radius 1 is 1.05 bits per heavy atom. The highest BCUT2D eigenvalue weighted by molar-refractivity contribution is 5.97. The van der Waals surface area contributed by atoms with Crippen LogP contribution in [0.15, 0.2) is 30.3 Å². The number of aryl methyl sites for hydroxylation is 1. The van der Waals surface area contributed by atoms with Crippen molar-refractivity contribution in [3.8, 4) is 0 Å². The first kappa shape index (κ1) is 15.7. The second-order valence-electron chi connectivity index (χ2n) is 5.78. The molecule has 1 heterocycles. The number of aromatic nitrogens is 1. The fourth-order valence-electron chi connectivity index (χ4n) is 2.69. The van der Waals surface area contributed by atoms with Crippen LogP contribution in [-0.4, -0.2) is 10.8 Å². The standard InChI is InChI=1S/C19H25NO/c1-3-4-5-6-7-8-13-19(21)18-14-15(2)16-11-9-10-12-17(16)20-18/h9-12,14H,3-8,13H2,1-2H3. The summed E-state index contributed by atoms with van der Waals surface area (Å²) in [6, 6.07) is 9.94. The van der Waals surface area contributed by atoms with Crippen molar-refractivity contribution in [1.82, 2.24) is 4.98 Å². The third-order valence-electron chi connectivity index (χ3n) is 3.97. The maximum absolute atomic E-state index is 12.3. The van der Waals surface area contributed by atoms with Gasteiger partial charge in [-0.1, -0.05) is 57.2 Å². The molecule has 1 aromatic carbocycles. The van der Waals surface area contributed by atoms with Gasteiger partial charge in [-0.05, 0) is 31.0 Å². The average molecular weight is 283 g/mol. The van der Waals surface area contributed by atoms with Crippen molar-refractivity contribution in [1.29, 1.82) is 0 Å². The topological polar surface area (TPSA) is 30.0 Å². The van der Waals surface area contributed by atoms with Crippen molar-refractivity contribution in [3.05, 3.63) is 41.6 Å². The van der Waals surface area contributed by atoms with Crippen LogP contribution in [0.1, 0.15) is 67.9 Å². The molecule has 0 aliphatic heterocycles. The van der Waals surface area contributed by atoms with Gasteiger partial charge in [0.15, 0.2) is 5.78 Å². The van der Waals surface area contributed by atoms with Gasteiger partial charge in [0, 0.05) is 11.8 Å². The quantitative estimate of drug-likeness (QED) is 0.474. The van der Waals surface area contributed by atoms with Gasteiger partial charge in [0.1, 0.15) is 5.69 Å². The van der Waals surface area contributed by atoms with Crippen molar-refractivity contribution in [3.63, 3.8) is 0 Å². The smallest absolute Gasteiger partial charge is 0.181 e. The number of hydrogen-bond acceptors (Lipinski definition) is 2. The predicted molar refractivity (Wildman–Crippen MR) is 88.8 cm³/mol. The van der Waals surface area contributed by atoms with Gasteiger partial charge in [0.25, 0.3) is 0 Å². The number of Topliss-reactive ketones (excluding diaryl/α,β-unsaturated/α-hetero) is 1. The summed E-state index contributed by atoms with van der Waals surface area (Å²) in [7, 11) is 0. The molecule has 0 unspecified atom stereocenters. The minimum Gasteiger partial charge on any atom is -0.292 e. The first-order chi connectivity index (χ1) is 10.2. The predicted octanol–water partition coefficient (Wildman–Crippen LogP) is 5.48. The number of rotatable bonds is 8. The zero-order valence-electron chi connectivity index (χ0n) is 13.2. The van der Waals surface area contributed by atoms with Crippen LogP contribution in [0.2, 0.25) is 0 Å². The number of nitrogens with zero attached hydrogens (tertiary/aromatic N) is 1. The molecule has 2 heteroatoms. The average Bonchev–Trinajstić information content (AvgIpc) is 2.50. The summed E-state index contributed by atoms with van der Waals surface area (Å²) in [5, 5.41) is 1.13. The van der Waals surface area contributed by atoms with E-state index in [2.05, 4.69) is 18.0 Å². The van der Waals surface area contributed by atoms with E-state index in [1.807, 2.05) is 31.2 Å². The number of hydrogen-bond donors (Lipinski definition) is 0. The third-order valence-corrected chi connectivity index (χ3v) is 3.97. The van der Waals surface area contributed by atoms with Gasteiger partial charge < -0.3 is 0 Å². The molecule has 1 aromatic heterocycles. The van der Waals surface area contributed by atoms with Crippen LogP contribution in [0, 0.1) is 6.92 Å². The molecule has 2 nitrogen and oxygen atoms in total. The Balaban J connectivity index is 1.93. The van der Waals surface area contributed by atoms with Crippen molar-refractivity contribution in [2.24, 2.45) is 0 Å². The Bertz CT molecular complexity index is 604. The lowest BCUT2D eigenvalue weighted by atomic mass is 10.0. The molecule has 0 saturated carbocycles. The molecular formula is C19H25NO. The van der Waals surface area contributed by atoms with Gasteiger partial charge in [-0.25, -0.2) is 4.98 Å². The molecular weight excluding hydrogens is 258 g/mol. The Morgan fingerprint density at radius 2 is 1.76 bits per heavy atom. The molecule has 0 radical (unpaired) electrons. The number of carbonyl (C=O) groups excluding carboxylic acids is 1. The summed E-state index contributed by atoms with van der Waals surface area (Å²) in [5.74, 6) is 0.180. The largest absolute Gasteiger partial charge is 0.292 e. The number of pyridine rings is 1. The Kier molecular flexibility index (Phi) is 5.91. The van der Waals surface area contributed by atoms with Crippen molar-refractivity contribution < 1.29 is 4.79 Å². The van der Waals surface area contributed by atoms with Crippen LogP contribution in [-0.2, 0) is 0 Å². The van der Waals surface area contributed by atoms with E-state index in [1.165, 1.54) is 25.7 Å². The van der Waals surface area contributed by atoms with Crippen LogP contribution in [0.25, 0.3) is 10.9 Å². The zero-order chi connectivity index (χ0) is 15.1. The van der Waals surface area contributed by atoms with E-state index in [0.717, 1.165) is 29.3 Å². The molecule has 0 atom stereocenters. The van der Waals surface area contributed by atoms with Crippen LogP contribution in [0.4, 0.5) is 0 Å². The highest BCUT2D eigenvalue weighted by Crippen LogP contribution is 2.18. The molecule has 0 aliphatic carbocycles.